The van der Waals surface area contributed by atoms with E-state index in [1.165, 1.54) is 25.3 Å². The zero-order valence-corrected chi connectivity index (χ0v) is 12.3. The first-order valence-corrected chi connectivity index (χ1v) is 6.70. The average molecular weight is 321 g/mol. The summed E-state index contributed by atoms with van der Waals surface area (Å²) >= 11 is 11.4. The van der Waals surface area contributed by atoms with Crippen LogP contribution >= 0.6 is 23.2 Å². The second-order valence-corrected chi connectivity index (χ2v) is 4.84. The highest BCUT2D eigenvalue weighted by molar-refractivity contribution is 6.31. The molecule has 1 aromatic carbocycles. The standard InChI is InChI=1S/C12H14Cl2N2O4/c1-20-7-9(4-5-13)15-12(17)10-6-8(14)2-3-11(10)16(18)19/h2-3,6,9H,4-5,7H2,1H3,(H,15,17). The van der Waals surface area contributed by atoms with Gasteiger partial charge in [-0.3, -0.25) is 14.9 Å². The highest BCUT2D eigenvalue weighted by Gasteiger charge is 2.22. The largest absolute Gasteiger partial charge is 0.383 e. The van der Waals surface area contributed by atoms with Gasteiger partial charge < -0.3 is 10.1 Å². The number of carbonyl (C=O) groups is 1. The summed E-state index contributed by atoms with van der Waals surface area (Å²) in [5.41, 5.74) is -0.382. The summed E-state index contributed by atoms with van der Waals surface area (Å²) < 4.78 is 4.96. The van der Waals surface area contributed by atoms with Gasteiger partial charge in [0.1, 0.15) is 5.56 Å². The first-order chi connectivity index (χ1) is 9.49. The zero-order chi connectivity index (χ0) is 15.1. The highest BCUT2D eigenvalue weighted by Crippen LogP contribution is 2.22. The number of rotatable bonds is 7. The van der Waals surface area contributed by atoms with E-state index in [1.807, 2.05) is 0 Å². The third kappa shape index (κ3) is 4.63. The van der Waals surface area contributed by atoms with Crippen molar-refractivity contribution in [3.8, 4) is 0 Å². The third-order valence-corrected chi connectivity index (χ3v) is 3.01. The molecule has 0 aliphatic rings. The van der Waals surface area contributed by atoms with Crippen LogP contribution in [0, 0.1) is 10.1 Å². The number of nitrogens with one attached hydrogen (secondary N) is 1. The van der Waals surface area contributed by atoms with Gasteiger partial charge in [0.25, 0.3) is 11.6 Å². The van der Waals surface area contributed by atoms with E-state index < -0.39 is 10.8 Å². The fourth-order valence-corrected chi connectivity index (χ4v) is 2.08. The minimum atomic E-state index is -0.627. The first kappa shape index (κ1) is 16.7. The molecule has 20 heavy (non-hydrogen) atoms. The number of nitrogens with zero attached hydrogens (tertiary/aromatic N) is 1. The Labute approximate surface area is 126 Å². The number of hydrogen-bond acceptors (Lipinski definition) is 4. The number of ether oxygens (including phenoxy) is 1. The van der Waals surface area contributed by atoms with Crippen molar-refractivity contribution in [2.24, 2.45) is 0 Å². The van der Waals surface area contributed by atoms with Gasteiger partial charge in [-0.15, -0.1) is 11.6 Å². The number of nitro benzene ring substituents is 1. The van der Waals surface area contributed by atoms with Crippen molar-refractivity contribution in [1.82, 2.24) is 5.32 Å². The van der Waals surface area contributed by atoms with Crippen LogP contribution in [-0.4, -0.2) is 36.5 Å². The Balaban J connectivity index is 2.95. The van der Waals surface area contributed by atoms with Gasteiger partial charge in [-0.1, -0.05) is 11.6 Å². The maximum absolute atomic E-state index is 12.1. The number of benzene rings is 1. The van der Waals surface area contributed by atoms with Gasteiger partial charge in [0, 0.05) is 24.1 Å². The minimum absolute atomic E-state index is 0.0850. The quantitative estimate of drug-likeness (QED) is 0.475. The third-order valence-electron chi connectivity index (χ3n) is 2.56. The van der Waals surface area contributed by atoms with E-state index in [4.69, 9.17) is 27.9 Å². The molecule has 110 valence electrons. The minimum Gasteiger partial charge on any atom is -0.383 e. The molecule has 0 aliphatic carbocycles. The van der Waals surface area contributed by atoms with Crippen LogP contribution in [0.15, 0.2) is 18.2 Å². The summed E-state index contributed by atoms with van der Waals surface area (Å²) in [6, 6.07) is 3.51. The molecule has 0 aromatic heterocycles. The van der Waals surface area contributed by atoms with Gasteiger partial charge in [-0.2, -0.15) is 0 Å². The van der Waals surface area contributed by atoms with Crippen molar-refractivity contribution in [2.75, 3.05) is 19.6 Å². The first-order valence-electron chi connectivity index (χ1n) is 5.79. The Morgan fingerprint density at radius 3 is 2.80 bits per heavy atom. The van der Waals surface area contributed by atoms with Gasteiger partial charge in [-0.25, -0.2) is 0 Å². The van der Waals surface area contributed by atoms with Gasteiger partial charge in [0.05, 0.1) is 17.6 Å². The summed E-state index contributed by atoms with van der Waals surface area (Å²) in [5.74, 6) is -0.238. The smallest absolute Gasteiger partial charge is 0.282 e. The Kier molecular flexibility index (Phi) is 6.70. The van der Waals surface area contributed by atoms with Crippen LogP contribution in [0.3, 0.4) is 0 Å². The molecule has 1 atom stereocenters. The monoisotopic (exact) mass is 320 g/mol. The second kappa shape index (κ2) is 8.04. The predicted molar refractivity (Wildman–Crippen MR) is 76.6 cm³/mol. The topological polar surface area (TPSA) is 81.5 Å². The SMILES string of the molecule is COCC(CCCl)NC(=O)c1cc(Cl)ccc1[N+](=O)[O-]. The predicted octanol–water partition coefficient (Wildman–Crippen LogP) is 2.62. The lowest BCUT2D eigenvalue weighted by molar-refractivity contribution is -0.385. The summed E-state index contributed by atoms with van der Waals surface area (Å²) in [6.45, 7) is 0.271. The van der Waals surface area contributed by atoms with E-state index in [-0.39, 0.29) is 28.9 Å². The van der Waals surface area contributed by atoms with Crippen LogP contribution in [-0.2, 0) is 4.74 Å². The molecule has 0 saturated carbocycles. The van der Waals surface area contributed by atoms with Crippen molar-refractivity contribution >= 4 is 34.8 Å². The average Bonchev–Trinajstić information content (AvgIpc) is 2.38. The maximum atomic E-state index is 12.1. The summed E-state index contributed by atoms with van der Waals surface area (Å²) in [6.07, 6.45) is 0.496. The lowest BCUT2D eigenvalue weighted by Gasteiger charge is -2.16. The van der Waals surface area contributed by atoms with Crippen molar-refractivity contribution < 1.29 is 14.5 Å². The number of hydrogen-bond donors (Lipinski definition) is 1. The molecule has 0 aliphatic heterocycles. The number of halogens is 2. The Hall–Kier alpha value is -1.37. The van der Waals surface area contributed by atoms with Crippen LogP contribution in [0.4, 0.5) is 5.69 Å². The molecule has 1 unspecified atom stereocenters. The lowest BCUT2D eigenvalue weighted by Crippen LogP contribution is -2.38. The van der Waals surface area contributed by atoms with Gasteiger partial charge in [0.15, 0.2) is 0 Å². The molecule has 1 aromatic rings. The number of alkyl halides is 1. The molecule has 0 radical (unpaired) electrons. The van der Waals surface area contributed by atoms with Crippen LogP contribution in [0.25, 0.3) is 0 Å². The molecule has 8 heteroatoms. The summed E-state index contributed by atoms with van der Waals surface area (Å²) in [5, 5.41) is 13.8. The molecule has 1 amide bonds. The van der Waals surface area contributed by atoms with Crippen molar-refractivity contribution in [3.05, 3.63) is 38.9 Å². The van der Waals surface area contributed by atoms with Crippen LogP contribution in [0.5, 0.6) is 0 Å². The molecule has 6 nitrogen and oxygen atoms in total. The molecular weight excluding hydrogens is 307 g/mol. The van der Waals surface area contributed by atoms with E-state index in [0.29, 0.717) is 12.3 Å². The van der Waals surface area contributed by atoms with Gasteiger partial charge in [-0.05, 0) is 18.6 Å². The van der Waals surface area contributed by atoms with Crippen LogP contribution < -0.4 is 5.32 Å². The zero-order valence-electron chi connectivity index (χ0n) is 10.8. The summed E-state index contributed by atoms with van der Waals surface area (Å²) in [7, 11) is 1.50. The van der Waals surface area contributed by atoms with Gasteiger partial charge in [0.2, 0.25) is 0 Å². The molecular formula is C12H14Cl2N2O4. The van der Waals surface area contributed by atoms with Crippen LogP contribution in [0.1, 0.15) is 16.8 Å². The molecule has 0 heterocycles. The van der Waals surface area contributed by atoms with Crippen molar-refractivity contribution in [1.29, 1.82) is 0 Å². The molecule has 0 saturated heterocycles. The molecule has 0 spiro atoms. The van der Waals surface area contributed by atoms with E-state index >= 15 is 0 Å². The van der Waals surface area contributed by atoms with E-state index in [1.54, 1.807) is 0 Å². The van der Waals surface area contributed by atoms with E-state index in [2.05, 4.69) is 5.32 Å². The highest BCUT2D eigenvalue weighted by atomic mass is 35.5. The lowest BCUT2D eigenvalue weighted by atomic mass is 10.1. The molecule has 1 rings (SSSR count). The normalized spacial score (nSPS) is 11.9. The van der Waals surface area contributed by atoms with E-state index in [0.717, 1.165) is 0 Å². The number of methoxy groups -OCH3 is 1. The number of carbonyl (C=O) groups excluding carboxylic acids is 1. The fourth-order valence-electron chi connectivity index (χ4n) is 1.64. The summed E-state index contributed by atoms with van der Waals surface area (Å²) in [4.78, 5) is 22.4. The molecule has 1 N–H and O–H groups in total. The Morgan fingerprint density at radius 1 is 1.55 bits per heavy atom. The van der Waals surface area contributed by atoms with Gasteiger partial charge >= 0.3 is 0 Å². The maximum Gasteiger partial charge on any atom is 0.282 e. The number of nitro groups is 1. The van der Waals surface area contributed by atoms with E-state index in [9.17, 15) is 14.9 Å². The second-order valence-electron chi connectivity index (χ2n) is 4.02. The Bertz CT molecular complexity index is 490. The Morgan fingerprint density at radius 2 is 2.25 bits per heavy atom. The van der Waals surface area contributed by atoms with Crippen LogP contribution in [0.2, 0.25) is 5.02 Å². The fraction of sp³-hybridized carbons (Fsp3) is 0.417. The molecule has 0 bridgehead atoms. The van der Waals surface area contributed by atoms with Crippen molar-refractivity contribution in [3.63, 3.8) is 0 Å². The molecule has 0 fully saturated rings. The van der Waals surface area contributed by atoms with Crippen molar-refractivity contribution in [2.45, 2.75) is 12.5 Å². The number of amides is 1.